The Hall–Kier alpha value is -5.75. The van der Waals surface area contributed by atoms with Crippen LogP contribution in [0, 0.1) is 28.5 Å². The molecular formula is C36H33FN6O4. The molecular weight excluding hydrogens is 599 g/mol. The number of phenolic OH excluding ortho intramolecular Hbond substituents is 1. The zero-order chi connectivity index (χ0) is 33.3. The van der Waals surface area contributed by atoms with Crippen LogP contribution in [0.5, 0.6) is 11.5 Å². The first-order valence-electron chi connectivity index (χ1n) is 15.0. The SMILES string of the molecule is COc1ccc(-c2cnc(N3CCC(NCCc4cccc(/C=C/C(=O)NO)c4)CC3)c(C#N)c2-c2ccc(C#N)c(F)c2)cc1O. The lowest BCUT2D eigenvalue weighted by atomic mass is 9.91. The summed E-state index contributed by atoms with van der Waals surface area (Å²) in [5.41, 5.74) is 5.69. The molecule has 1 amide bonds. The molecule has 0 atom stereocenters. The summed E-state index contributed by atoms with van der Waals surface area (Å²) >= 11 is 0. The average Bonchev–Trinajstić information content (AvgIpc) is 3.10. The van der Waals surface area contributed by atoms with Gasteiger partial charge in [0.05, 0.1) is 12.7 Å². The maximum atomic E-state index is 14.9. The highest BCUT2D eigenvalue weighted by atomic mass is 19.1. The van der Waals surface area contributed by atoms with E-state index in [0.29, 0.717) is 41.2 Å². The largest absolute Gasteiger partial charge is 0.504 e. The maximum absolute atomic E-state index is 14.9. The summed E-state index contributed by atoms with van der Waals surface area (Å²) in [5, 5.41) is 42.5. The summed E-state index contributed by atoms with van der Waals surface area (Å²) in [5.74, 6) is -0.590. The summed E-state index contributed by atoms with van der Waals surface area (Å²) in [7, 11) is 1.45. The molecule has 0 bridgehead atoms. The van der Waals surface area contributed by atoms with Crippen molar-refractivity contribution in [2.45, 2.75) is 25.3 Å². The van der Waals surface area contributed by atoms with E-state index in [1.165, 1.54) is 31.4 Å². The van der Waals surface area contributed by atoms with Gasteiger partial charge in [-0.1, -0.05) is 36.4 Å². The van der Waals surface area contributed by atoms with Crippen molar-refractivity contribution in [3.05, 3.63) is 101 Å². The number of pyridine rings is 1. The van der Waals surface area contributed by atoms with Crippen LogP contribution in [-0.4, -0.2) is 54.0 Å². The summed E-state index contributed by atoms with van der Waals surface area (Å²) < 4.78 is 20.0. The Morgan fingerprint density at radius 2 is 1.89 bits per heavy atom. The molecule has 1 saturated heterocycles. The zero-order valence-corrected chi connectivity index (χ0v) is 25.7. The van der Waals surface area contributed by atoms with E-state index in [2.05, 4.69) is 16.3 Å². The van der Waals surface area contributed by atoms with Crippen LogP contribution in [0.4, 0.5) is 10.2 Å². The van der Waals surface area contributed by atoms with Gasteiger partial charge in [0.1, 0.15) is 29.3 Å². The molecule has 3 aromatic carbocycles. The second-order valence-electron chi connectivity index (χ2n) is 11.1. The first-order chi connectivity index (χ1) is 22.8. The predicted octanol–water partition coefficient (Wildman–Crippen LogP) is 5.33. The van der Waals surface area contributed by atoms with Crippen LogP contribution < -0.4 is 20.4 Å². The molecule has 0 spiro atoms. The number of rotatable bonds is 10. The van der Waals surface area contributed by atoms with Gasteiger partial charge in [0.25, 0.3) is 5.91 Å². The molecule has 4 N–H and O–H groups in total. The van der Waals surface area contributed by atoms with Crippen LogP contribution in [-0.2, 0) is 11.2 Å². The number of nitrogens with one attached hydrogen (secondary N) is 2. The molecule has 4 aromatic rings. The van der Waals surface area contributed by atoms with Crippen molar-refractivity contribution in [2.24, 2.45) is 0 Å². The van der Waals surface area contributed by atoms with Gasteiger partial charge in [0.15, 0.2) is 11.5 Å². The third-order valence-corrected chi connectivity index (χ3v) is 8.17. The number of hydroxylamine groups is 1. The normalized spacial score (nSPS) is 13.3. The smallest absolute Gasteiger partial charge is 0.267 e. The first-order valence-corrected chi connectivity index (χ1v) is 15.0. The van der Waals surface area contributed by atoms with E-state index >= 15 is 0 Å². The molecule has 5 rings (SSSR count). The van der Waals surface area contributed by atoms with Gasteiger partial charge in [-0.2, -0.15) is 10.5 Å². The van der Waals surface area contributed by atoms with Crippen molar-refractivity contribution in [3.63, 3.8) is 0 Å². The maximum Gasteiger partial charge on any atom is 0.267 e. The number of phenols is 1. The monoisotopic (exact) mass is 632 g/mol. The minimum absolute atomic E-state index is 0.0873. The van der Waals surface area contributed by atoms with Crippen molar-refractivity contribution in [3.8, 4) is 45.9 Å². The third kappa shape index (κ3) is 7.56. The number of anilines is 1. The predicted molar refractivity (Wildman–Crippen MR) is 175 cm³/mol. The number of piperidine rings is 1. The molecule has 1 fully saturated rings. The molecule has 47 heavy (non-hydrogen) atoms. The minimum Gasteiger partial charge on any atom is -0.504 e. The Balaban J connectivity index is 1.34. The van der Waals surface area contributed by atoms with Crippen LogP contribution in [0.15, 0.2) is 72.9 Å². The molecule has 0 saturated carbocycles. The molecule has 11 heteroatoms. The van der Waals surface area contributed by atoms with Crippen LogP contribution in [0.25, 0.3) is 28.3 Å². The van der Waals surface area contributed by atoms with Crippen LogP contribution in [0.3, 0.4) is 0 Å². The Labute approximate surface area is 271 Å². The van der Waals surface area contributed by atoms with E-state index in [1.807, 2.05) is 30.3 Å². The molecule has 2 heterocycles. The first kappa shape index (κ1) is 32.6. The van der Waals surface area contributed by atoms with Crippen molar-refractivity contribution < 1.29 is 24.2 Å². The zero-order valence-electron chi connectivity index (χ0n) is 25.7. The number of aromatic hydroxyl groups is 1. The lowest BCUT2D eigenvalue weighted by Crippen LogP contribution is -2.43. The third-order valence-electron chi connectivity index (χ3n) is 8.17. The fraction of sp³-hybridized carbons (Fsp3) is 0.222. The summed E-state index contributed by atoms with van der Waals surface area (Å²) in [6.07, 6.45) is 6.97. The fourth-order valence-electron chi connectivity index (χ4n) is 5.76. The molecule has 238 valence electrons. The molecule has 0 aliphatic carbocycles. The fourth-order valence-corrected chi connectivity index (χ4v) is 5.76. The van der Waals surface area contributed by atoms with E-state index in [0.717, 1.165) is 36.9 Å². The van der Waals surface area contributed by atoms with E-state index in [9.17, 15) is 24.8 Å². The van der Waals surface area contributed by atoms with E-state index in [-0.39, 0.29) is 28.7 Å². The quantitative estimate of drug-likeness (QED) is 0.103. The highest BCUT2D eigenvalue weighted by Crippen LogP contribution is 2.41. The highest BCUT2D eigenvalue weighted by Gasteiger charge is 2.26. The number of nitrogens with zero attached hydrogens (tertiary/aromatic N) is 4. The number of amides is 1. The molecule has 1 aromatic heterocycles. The molecule has 1 aliphatic rings. The Morgan fingerprint density at radius 3 is 2.57 bits per heavy atom. The van der Waals surface area contributed by atoms with E-state index in [1.54, 1.807) is 36.0 Å². The van der Waals surface area contributed by atoms with Gasteiger partial charge in [-0.3, -0.25) is 10.0 Å². The van der Waals surface area contributed by atoms with Gasteiger partial charge in [0.2, 0.25) is 0 Å². The number of halogens is 1. The minimum atomic E-state index is -0.694. The lowest BCUT2D eigenvalue weighted by molar-refractivity contribution is -0.124. The molecule has 10 nitrogen and oxygen atoms in total. The van der Waals surface area contributed by atoms with Crippen molar-refractivity contribution in [1.82, 2.24) is 15.8 Å². The number of methoxy groups -OCH3 is 1. The highest BCUT2D eigenvalue weighted by molar-refractivity contribution is 5.91. The van der Waals surface area contributed by atoms with Crippen LogP contribution in [0.2, 0.25) is 0 Å². The number of carbonyl (C=O) groups excluding carboxylic acids is 1. The van der Waals surface area contributed by atoms with Crippen molar-refractivity contribution >= 4 is 17.8 Å². The van der Waals surface area contributed by atoms with Gasteiger partial charge < -0.3 is 20.1 Å². The number of carbonyl (C=O) groups is 1. The topological polar surface area (TPSA) is 155 Å². The number of benzene rings is 3. The van der Waals surface area contributed by atoms with Crippen LogP contribution >= 0.6 is 0 Å². The Bertz CT molecular complexity index is 1890. The van der Waals surface area contributed by atoms with Gasteiger partial charge in [-0.05, 0) is 78.4 Å². The average molecular weight is 633 g/mol. The number of hydrogen-bond donors (Lipinski definition) is 4. The number of aromatic nitrogens is 1. The summed E-state index contributed by atoms with van der Waals surface area (Å²) in [4.78, 5) is 18.0. The summed E-state index contributed by atoms with van der Waals surface area (Å²) in [6, 6.07) is 21.3. The second kappa shape index (κ2) is 15.0. The summed E-state index contributed by atoms with van der Waals surface area (Å²) in [6.45, 7) is 2.06. The molecule has 0 radical (unpaired) electrons. The van der Waals surface area contributed by atoms with E-state index < -0.39 is 11.7 Å². The lowest BCUT2D eigenvalue weighted by Gasteiger charge is -2.34. The number of nitriles is 2. The van der Waals surface area contributed by atoms with Gasteiger partial charge in [-0.25, -0.2) is 14.9 Å². The number of hydrogen-bond acceptors (Lipinski definition) is 9. The molecule has 0 unspecified atom stereocenters. The van der Waals surface area contributed by atoms with Gasteiger partial charge >= 0.3 is 0 Å². The Kier molecular flexibility index (Phi) is 10.4. The molecule has 1 aliphatic heterocycles. The van der Waals surface area contributed by atoms with E-state index in [4.69, 9.17) is 14.9 Å². The number of ether oxygens (including phenoxy) is 1. The van der Waals surface area contributed by atoms with Crippen molar-refractivity contribution in [1.29, 1.82) is 10.5 Å². The van der Waals surface area contributed by atoms with Crippen LogP contribution in [0.1, 0.15) is 35.1 Å². The Morgan fingerprint density at radius 1 is 1.11 bits per heavy atom. The second-order valence-corrected chi connectivity index (χ2v) is 11.1. The van der Waals surface area contributed by atoms with Gasteiger partial charge in [-0.15, -0.1) is 0 Å². The standard InChI is InChI=1S/C36H33FN6O4/c1-47-33-9-8-25(19-32(33)44)30-22-41-36(29(21-39)35(30)26-6-7-27(20-38)31(37)18-26)43-15-12-28(13-16-43)40-14-11-24-4-2-3-23(17-24)5-10-34(45)42-46/h2-10,17-19,22,28,40,44,46H,11-16H2,1H3,(H,42,45)/b10-5+. The van der Waals surface area contributed by atoms with Crippen molar-refractivity contribution in [2.75, 3.05) is 31.6 Å². The van der Waals surface area contributed by atoms with Gasteiger partial charge in [0, 0.05) is 42.5 Å².